The van der Waals surface area contributed by atoms with E-state index in [4.69, 9.17) is 26.6 Å². The van der Waals surface area contributed by atoms with Crippen LogP contribution in [-0.4, -0.2) is 16.0 Å². The molecule has 8 heteroatoms. The van der Waals surface area contributed by atoms with Crippen LogP contribution in [-0.2, 0) is 16.4 Å². The van der Waals surface area contributed by atoms with Crippen molar-refractivity contribution >= 4 is 36.3 Å². The quantitative estimate of drug-likeness (QED) is 0.499. The summed E-state index contributed by atoms with van der Waals surface area (Å²) in [5, 5.41) is 12.4. The maximum atomic E-state index is 8.81. The molecular weight excluding hydrogens is 271 g/mol. The van der Waals surface area contributed by atoms with Gasteiger partial charge in [-0.05, 0) is 6.07 Å². The molecule has 1 rings (SSSR count). The van der Waals surface area contributed by atoms with E-state index in [1.807, 2.05) is 6.07 Å². The molecule has 0 radical (unpaired) electrons. The van der Waals surface area contributed by atoms with E-state index < -0.39 is 6.72 Å². The highest BCUT2D eigenvalue weighted by Gasteiger charge is 2.08. The molecule has 0 aliphatic carbocycles. The molecule has 0 spiro atoms. The molecule has 84 valence electrons. The Kier molecular flexibility index (Phi) is 4.42. The average molecular weight is 277 g/mol. The van der Waals surface area contributed by atoms with Crippen molar-refractivity contribution in [1.29, 1.82) is 5.26 Å². The zero-order chi connectivity index (χ0) is 12.2. The number of nitriles is 1. The molecule has 2 N–H and O–H groups in total. The van der Waals surface area contributed by atoms with Crippen LogP contribution in [0.2, 0.25) is 5.02 Å². The fourth-order valence-electron chi connectivity index (χ4n) is 0.908. The van der Waals surface area contributed by atoms with Gasteiger partial charge in [-0.2, -0.15) is 5.26 Å². The summed E-state index contributed by atoms with van der Waals surface area (Å²) >= 11 is 9.94. The molecule has 0 unspecified atom stereocenters. The lowest BCUT2D eigenvalue weighted by Crippen LogP contribution is -1.90. The van der Waals surface area contributed by atoms with E-state index in [0.717, 1.165) is 6.21 Å². The van der Waals surface area contributed by atoms with Crippen LogP contribution >= 0.6 is 18.3 Å². The van der Waals surface area contributed by atoms with Gasteiger partial charge in [0.1, 0.15) is 6.07 Å². The van der Waals surface area contributed by atoms with Crippen molar-refractivity contribution in [3.05, 3.63) is 34.3 Å². The number of halogens is 1. The molecule has 0 aromatic heterocycles. The first kappa shape index (κ1) is 13.1. The summed E-state index contributed by atoms with van der Waals surface area (Å²) in [5.41, 5.74) is 0.624. The Balaban J connectivity index is 2.95. The van der Waals surface area contributed by atoms with Gasteiger partial charge in [0.2, 0.25) is 0 Å². The van der Waals surface area contributed by atoms with Gasteiger partial charge in [-0.1, -0.05) is 28.9 Å². The molecule has 0 atom stereocenters. The van der Waals surface area contributed by atoms with Gasteiger partial charge in [-0.15, -0.1) is 0 Å². The van der Waals surface area contributed by atoms with E-state index in [2.05, 4.69) is 21.6 Å². The minimum Gasteiger partial charge on any atom is -0.314 e. The van der Waals surface area contributed by atoms with Gasteiger partial charge < -0.3 is 14.4 Å². The van der Waals surface area contributed by atoms with Gasteiger partial charge in [0.05, 0.1) is 16.8 Å². The minimum absolute atomic E-state index is 0.223. The maximum absolute atomic E-state index is 8.81. The number of rotatable bonds is 3. The summed E-state index contributed by atoms with van der Waals surface area (Å²) < 4.78 is 4.23. The second-order valence-corrected chi connectivity index (χ2v) is 5.60. The molecule has 0 saturated heterocycles. The molecule has 0 saturated carbocycles. The Morgan fingerprint density at radius 2 is 2.25 bits per heavy atom. The van der Waals surface area contributed by atoms with Crippen LogP contribution in [0, 0.1) is 11.3 Å². The first-order chi connectivity index (χ1) is 7.44. The molecule has 16 heavy (non-hydrogen) atoms. The normalized spacial score (nSPS) is 11.4. The summed E-state index contributed by atoms with van der Waals surface area (Å²) in [4.78, 5) is 17.5. The van der Waals surface area contributed by atoms with E-state index in [1.54, 1.807) is 18.2 Å². The third-order valence-electron chi connectivity index (χ3n) is 1.50. The molecule has 0 heterocycles. The molecule has 1 aromatic carbocycles. The van der Waals surface area contributed by atoms with E-state index >= 15 is 0 Å². The third kappa shape index (κ3) is 3.89. The number of hydrogen-bond donors (Lipinski definition) is 2. The molecule has 0 fully saturated rings. The molecule has 1 aromatic rings. The monoisotopic (exact) mass is 276 g/mol. The summed E-state index contributed by atoms with van der Waals surface area (Å²) in [5.74, 6) is 0. The molecule has 0 amide bonds. The number of nitrogens with zero attached hydrogens (tertiary/aromatic N) is 2. The Morgan fingerprint density at radius 1 is 1.56 bits per heavy atom. The second-order valence-electron chi connectivity index (χ2n) is 2.62. The Bertz CT molecular complexity index is 508. The summed E-state index contributed by atoms with van der Waals surface area (Å²) in [6, 6.07) is 6.65. The van der Waals surface area contributed by atoms with Crippen LogP contribution in [0.25, 0.3) is 0 Å². The van der Waals surface area contributed by atoms with Gasteiger partial charge in [0.15, 0.2) is 0 Å². The van der Waals surface area contributed by atoms with Crippen LogP contribution in [0.15, 0.2) is 23.4 Å². The van der Waals surface area contributed by atoms with E-state index in [-0.39, 0.29) is 10.6 Å². The summed E-state index contributed by atoms with van der Waals surface area (Å²) in [6.45, 7) is -3.82. The van der Waals surface area contributed by atoms with Crippen molar-refractivity contribution in [3.8, 4) is 6.07 Å². The first-order valence-corrected chi connectivity index (χ1v) is 6.90. The molecule has 5 nitrogen and oxygen atoms in total. The van der Waals surface area contributed by atoms with Crippen molar-refractivity contribution in [2.45, 2.75) is 0 Å². The fourth-order valence-corrected chi connectivity index (χ4v) is 1.42. The highest BCUT2D eigenvalue weighted by atomic mass is 35.5. The van der Waals surface area contributed by atoms with Gasteiger partial charge in [-0.25, -0.2) is 0 Å². The predicted octanol–water partition coefficient (Wildman–Crippen LogP) is 1.77. The zero-order valence-electron chi connectivity index (χ0n) is 7.74. The minimum atomic E-state index is -3.82. The average Bonchev–Trinajstić information content (AvgIpc) is 2.16. The lowest BCUT2D eigenvalue weighted by atomic mass is 10.1. The molecular formula is C8H6ClN2O3PS. The molecule has 0 aliphatic heterocycles. The number of oxime groups is 1. The molecule has 0 bridgehead atoms. The van der Waals surface area contributed by atoms with Crippen molar-refractivity contribution in [3.63, 3.8) is 0 Å². The number of hydrogen-bond acceptors (Lipinski definition) is 4. The zero-order valence-corrected chi connectivity index (χ0v) is 10.2. The lowest BCUT2D eigenvalue weighted by Gasteiger charge is -2.02. The van der Waals surface area contributed by atoms with Crippen LogP contribution in [0.4, 0.5) is 0 Å². The van der Waals surface area contributed by atoms with E-state index in [0.29, 0.717) is 5.56 Å². The Morgan fingerprint density at radius 3 is 2.81 bits per heavy atom. The van der Waals surface area contributed by atoms with E-state index in [1.165, 1.54) is 0 Å². The number of benzene rings is 1. The highest BCUT2D eigenvalue weighted by Crippen LogP contribution is 2.36. The first-order valence-electron chi connectivity index (χ1n) is 3.90. The van der Waals surface area contributed by atoms with Gasteiger partial charge >= 0.3 is 6.72 Å². The van der Waals surface area contributed by atoms with E-state index in [9.17, 15) is 0 Å². The van der Waals surface area contributed by atoms with Gasteiger partial charge in [0, 0.05) is 17.4 Å². The smallest absolute Gasteiger partial charge is 0.314 e. The van der Waals surface area contributed by atoms with Crippen molar-refractivity contribution in [2.24, 2.45) is 5.16 Å². The summed E-state index contributed by atoms with van der Waals surface area (Å²) in [7, 11) is 0. The van der Waals surface area contributed by atoms with Crippen LogP contribution in [0.3, 0.4) is 0 Å². The largest absolute Gasteiger partial charge is 0.396 e. The highest BCUT2D eigenvalue weighted by molar-refractivity contribution is 8.06. The fraction of sp³-hybridized carbons (Fsp3) is 0. The van der Waals surface area contributed by atoms with Crippen LogP contribution in [0.5, 0.6) is 0 Å². The van der Waals surface area contributed by atoms with Crippen LogP contribution in [0.1, 0.15) is 11.1 Å². The van der Waals surface area contributed by atoms with Crippen molar-refractivity contribution in [2.75, 3.05) is 0 Å². The van der Waals surface area contributed by atoms with Crippen LogP contribution < -0.4 is 0 Å². The topological polar surface area (TPSA) is 85.8 Å². The maximum Gasteiger partial charge on any atom is 0.396 e. The SMILES string of the molecule is N#Cc1c(Cl)cccc1C=NOP(O)(O)=S. The molecule has 0 aliphatic rings. The Hall–Kier alpha value is -0.960. The van der Waals surface area contributed by atoms with Gasteiger partial charge in [-0.3, -0.25) is 0 Å². The predicted molar refractivity (Wildman–Crippen MR) is 63.6 cm³/mol. The van der Waals surface area contributed by atoms with Crippen molar-refractivity contribution in [1.82, 2.24) is 0 Å². The van der Waals surface area contributed by atoms with Gasteiger partial charge in [0.25, 0.3) is 0 Å². The lowest BCUT2D eigenvalue weighted by molar-refractivity contribution is 0.266. The second kappa shape index (κ2) is 5.39. The summed E-state index contributed by atoms with van der Waals surface area (Å²) in [6.07, 6.45) is 1.14. The Labute approximate surface area is 102 Å². The standard InChI is InChI=1S/C8H6ClN2O3PS/c9-8-3-1-2-6(7(8)4-10)5-11-14-15(12,13)16/h1-3,5H,(H2,12,13,16). The third-order valence-corrected chi connectivity index (χ3v) is 2.32. The van der Waals surface area contributed by atoms with Crippen molar-refractivity contribution < 1.29 is 14.4 Å².